The lowest BCUT2D eigenvalue weighted by molar-refractivity contribution is -0.146. The molecule has 1 aromatic carbocycles. The molecule has 0 saturated heterocycles. The van der Waals surface area contributed by atoms with Gasteiger partial charge in [-0.05, 0) is 38.0 Å². The van der Waals surface area contributed by atoms with Gasteiger partial charge < -0.3 is 9.47 Å². The van der Waals surface area contributed by atoms with E-state index in [9.17, 15) is 4.79 Å². The van der Waals surface area contributed by atoms with Crippen molar-refractivity contribution in [1.82, 2.24) is 5.32 Å². The van der Waals surface area contributed by atoms with Crippen molar-refractivity contribution in [2.24, 2.45) is 0 Å². The first-order valence-electron chi connectivity index (χ1n) is 6.69. The zero-order valence-corrected chi connectivity index (χ0v) is 12.1. The molecule has 19 heavy (non-hydrogen) atoms. The third-order valence-corrected chi connectivity index (χ3v) is 3.01. The van der Waals surface area contributed by atoms with E-state index in [4.69, 9.17) is 9.47 Å². The van der Waals surface area contributed by atoms with Crippen LogP contribution in [0, 0.1) is 0 Å². The zero-order valence-electron chi connectivity index (χ0n) is 12.1. The van der Waals surface area contributed by atoms with Crippen LogP contribution in [0.1, 0.15) is 38.8 Å². The topological polar surface area (TPSA) is 47.6 Å². The average Bonchev–Trinajstić information content (AvgIpc) is 2.44. The number of hydrogen-bond acceptors (Lipinski definition) is 4. The van der Waals surface area contributed by atoms with E-state index in [1.54, 1.807) is 7.11 Å². The molecule has 0 aliphatic rings. The molecule has 4 nitrogen and oxygen atoms in total. The molecule has 0 saturated carbocycles. The van der Waals surface area contributed by atoms with Gasteiger partial charge in [-0.1, -0.05) is 19.1 Å². The number of carbonyl (C=O) groups excluding carboxylic acids is 1. The molecule has 2 unspecified atom stereocenters. The minimum absolute atomic E-state index is 0.237. The number of rotatable bonds is 7. The Balaban J connectivity index is 2.96. The van der Waals surface area contributed by atoms with Crippen LogP contribution in [-0.2, 0) is 9.53 Å². The number of hydrogen-bond donors (Lipinski definition) is 1. The van der Waals surface area contributed by atoms with Crippen LogP contribution in [0.25, 0.3) is 0 Å². The maximum absolute atomic E-state index is 12.1. The van der Waals surface area contributed by atoms with Crippen molar-refractivity contribution >= 4 is 5.97 Å². The number of benzene rings is 1. The molecule has 0 aliphatic heterocycles. The molecule has 4 heteroatoms. The molecule has 1 aromatic rings. The molecule has 0 bridgehead atoms. The second kappa shape index (κ2) is 7.79. The van der Waals surface area contributed by atoms with Gasteiger partial charge in [-0.2, -0.15) is 0 Å². The number of ether oxygens (including phenoxy) is 2. The standard InChI is InChI=1S/C15H23NO3/c1-5-11(3)16-14(15(17)19-6-2)12-8-7-9-13(10-12)18-4/h7-11,14,16H,5-6H2,1-4H3. The van der Waals surface area contributed by atoms with Crippen molar-refractivity contribution < 1.29 is 14.3 Å². The van der Waals surface area contributed by atoms with Gasteiger partial charge in [0.1, 0.15) is 11.8 Å². The largest absolute Gasteiger partial charge is 0.497 e. The highest BCUT2D eigenvalue weighted by molar-refractivity contribution is 5.77. The average molecular weight is 265 g/mol. The van der Waals surface area contributed by atoms with Gasteiger partial charge in [0.05, 0.1) is 13.7 Å². The summed E-state index contributed by atoms with van der Waals surface area (Å²) in [5.41, 5.74) is 0.859. The van der Waals surface area contributed by atoms with E-state index in [0.717, 1.165) is 17.7 Å². The molecule has 0 fully saturated rings. The fraction of sp³-hybridized carbons (Fsp3) is 0.533. The van der Waals surface area contributed by atoms with E-state index in [1.165, 1.54) is 0 Å². The third-order valence-electron chi connectivity index (χ3n) is 3.01. The minimum atomic E-state index is -0.454. The first-order valence-corrected chi connectivity index (χ1v) is 6.69. The van der Waals surface area contributed by atoms with Crippen molar-refractivity contribution in [1.29, 1.82) is 0 Å². The Bertz CT molecular complexity index is 406. The van der Waals surface area contributed by atoms with Crippen molar-refractivity contribution in [3.8, 4) is 5.75 Å². The second-order valence-electron chi connectivity index (χ2n) is 4.44. The molecule has 2 atom stereocenters. The predicted molar refractivity (Wildman–Crippen MR) is 75.3 cm³/mol. The summed E-state index contributed by atoms with van der Waals surface area (Å²) in [5, 5.41) is 3.29. The number of carbonyl (C=O) groups is 1. The molecular formula is C15H23NO3. The summed E-state index contributed by atoms with van der Waals surface area (Å²) in [7, 11) is 1.61. The van der Waals surface area contributed by atoms with Crippen LogP contribution in [0.4, 0.5) is 0 Å². The fourth-order valence-corrected chi connectivity index (χ4v) is 1.75. The lowest BCUT2D eigenvalue weighted by Gasteiger charge is -2.21. The Morgan fingerprint density at radius 2 is 2.11 bits per heavy atom. The molecule has 0 amide bonds. The summed E-state index contributed by atoms with van der Waals surface area (Å²) in [6, 6.07) is 7.27. The molecule has 106 valence electrons. The Morgan fingerprint density at radius 1 is 1.37 bits per heavy atom. The predicted octanol–water partition coefficient (Wildman–Crippen LogP) is 2.69. The van der Waals surface area contributed by atoms with Crippen molar-refractivity contribution in [2.45, 2.75) is 39.3 Å². The molecule has 0 heterocycles. The van der Waals surface area contributed by atoms with Gasteiger partial charge in [-0.3, -0.25) is 5.32 Å². The molecule has 1 N–H and O–H groups in total. The summed E-state index contributed by atoms with van der Waals surface area (Å²) in [5.74, 6) is 0.480. The van der Waals surface area contributed by atoms with E-state index in [-0.39, 0.29) is 12.0 Å². The normalized spacial score (nSPS) is 13.7. The molecule has 0 spiro atoms. The van der Waals surface area contributed by atoms with Gasteiger partial charge in [0.25, 0.3) is 0 Å². The van der Waals surface area contributed by atoms with Crippen LogP contribution < -0.4 is 10.1 Å². The summed E-state index contributed by atoms with van der Waals surface area (Å²) >= 11 is 0. The first-order chi connectivity index (χ1) is 9.12. The van der Waals surface area contributed by atoms with Gasteiger partial charge in [-0.25, -0.2) is 4.79 Å². The van der Waals surface area contributed by atoms with Crippen LogP contribution in [0.2, 0.25) is 0 Å². The molecule has 0 radical (unpaired) electrons. The lowest BCUT2D eigenvalue weighted by atomic mass is 10.1. The molecular weight excluding hydrogens is 242 g/mol. The smallest absolute Gasteiger partial charge is 0.327 e. The number of nitrogens with one attached hydrogen (secondary N) is 1. The van der Waals surface area contributed by atoms with Crippen LogP contribution >= 0.6 is 0 Å². The first kappa shape index (κ1) is 15.5. The third kappa shape index (κ3) is 4.56. The Hall–Kier alpha value is -1.55. The maximum atomic E-state index is 12.1. The van der Waals surface area contributed by atoms with Gasteiger partial charge >= 0.3 is 5.97 Å². The van der Waals surface area contributed by atoms with Crippen molar-refractivity contribution in [2.75, 3.05) is 13.7 Å². The van der Waals surface area contributed by atoms with E-state index in [1.807, 2.05) is 38.1 Å². The fourth-order valence-electron chi connectivity index (χ4n) is 1.75. The molecule has 1 rings (SSSR count). The second-order valence-corrected chi connectivity index (χ2v) is 4.44. The Kier molecular flexibility index (Phi) is 6.36. The summed E-state index contributed by atoms with van der Waals surface area (Å²) < 4.78 is 10.3. The maximum Gasteiger partial charge on any atom is 0.327 e. The van der Waals surface area contributed by atoms with Crippen LogP contribution in [0.15, 0.2) is 24.3 Å². The quantitative estimate of drug-likeness (QED) is 0.770. The minimum Gasteiger partial charge on any atom is -0.497 e. The Morgan fingerprint density at radius 3 is 2.68 bits per heavy atom. The Labute approximate surface area is 115 Å². The van der Waals surface area contributed by atoms with Crippen LogP contribution in [0.3, 0.4) is 0 Å². The number of methoxy groups -OCH3 is 1. The van der Waals surface area contributed by atoms with Crippen LogP contribution in [0.5, 0.6) is 5.75 Å². The highest BCUT2D eigenvalue weighted by Gasteiger charge is 2.23. The van der Waals surface area contributed by atoms with E-state index >= 15 is 0 Å². The lowest BCUT2D eigenvalue weighted by Crippen LogP contribution is -2.36. The SMILES string of the molecule is CCOC(=O)C(NC(C)CC)c1cccc(OC)c1. The summed E-state index contributed by atoms with van der Waals surface area (Å²) in [4.78, 5) is 12.1. The monoisotopic (exact) mass is 265 g/mol. The van der Waals surface area contributed by atoms with Crippen molar-refractivity contribution in [3.63, 3.8) is 0 Å². The van der Waals surface area contributed by atoms with Gasteiger partial charge in [-0.15, -0.1) is 0 Å². The highest BCUT2D eigenvalue weighted by atomic mass is 16.5. The summed E-state index contributed by atoms with van der Waals surface area (Å²) in [6.45, 7) is 6.31. The molecule has 0 aliphatic carbocycles. The molecule has 0 aromatic heterocycles. The van der Waals surface area contributed by atoms with Gasteiger partial charge in [0.2, 0.25) is 0 Å². The van der Waals surface area contributed by atoms with E-state index in [0.29, 0.717) is 6.61 Å². The zero-order chi connectivity index (χ0) is 14.3. The van der Waals surface area contributed by atoms with Gasteiger partial charge in [0, 0.05) is 6.04 Å². The van der Waals surface area contributed by atoms with Crippen molar-refractivity contribution in [3.05, 3.63) is 29.8 Å². The highest BCUT2D eigenvalue weighted by Crippen LogP contribution is 2.21. The van der Waals surface area contributed by atoms with E-state index < -0.39 is 6.04 Å². The number of esters is 1. The van der Waals surface area contributed by atoms with E-state index in [2.05, 4.69) is 12.2 Å². The van der Waals surface area contributed by atoms with Crippen LogP contribution in [-0.4, -0.2) is 25.7 Å². The van der Waals surface area contributed by atoms with Gasteiger partial charge in [0.15, 0.2) is 0 Å². The summed E-state index contributed by atoms with van der Waals surface area (Å²) in [6.07, 6.45) is 0.944.